The second kappa shape index (κ2) is 23.3. The number of aryl methyl sites for hydroxylation is 1. The second-order valence-corrected chi connectivity index (χ2v) is 23.0. The summed E-state index contributed by atoms with van der Waals surface area (Å²) in [4.78, 5) is 75.4. The molecular formula is C56H72ClN7O10. The van der Waals surface area contributed by atoms with Crippen LogP contribution >= 0.6 is 11.6 Å². The minimum absolute atomic E-state index is 0.0335. The van der Waals surface area contributed by atoms with Crippen molar-refractivity contribution < 1.29 is 47.7 Å². The van der Waals surface area contributed by atoms with E-state index in [1.807, 2.05) is 58.9 Å². The first-order valence-electron chi connectivity index (χ1n) is 25.1. The fourth-order valence-corrected chi connectivity index (χ4v) is 10.2. The van der Waals surface area contributed by atoms with Crippen LogP contribution in [0.25, 0.3) is 11.3 Å². The van der Waals surface area contributed by atoms with Gasteiger partial charge in [-0.1, -0.05) is 84.3 Å². The number of halogens is 1. The maximum Gasteiger partial charge on any atom is 0.410 e. The molecule has 74 heavy (non-hydrogen) atoms. The zero-order valence-electron chi connectivity index (χ0n) is 44.5. The van der Waals surface area contributed by atoms with E-state index in [0.717, 1.165) is 16.8 Å². The van der Waals surface area contributed by atoms with Gasteiger partial charge >= 0.3 is 6.09 Å². The van der Waals surface area contributed by atoms with Gasteiger partial charge in [0.05, 0.1) is 29.0 Å². The van der Waals surface area contributed by atoms with Gasteiger partial charge in [0.2, 0.25) is 17.7 Å². The Morgan fingerprint density at radius 1 is 0.946 bits per heavy atom. The van der Waals surface area contributed by atoms with Crippen LogP contribution in [0, 0.1) is 34.5 Å². The Hall–Kier alpha value is -6.64. The van der Waals surface area contributed by atoms with Crippen LogP contribution in [0.5, 0.6) is 11.5 Å². The number of hydrogen-bond donors (Lipinski definition) is 4. The number of rotatable bonds is 19. The van der Waals surface area contributed by atoms with Crippen molar-refractivity contribution in [2.45, 2.75) is 144 Å². The quantitative estimate of drug-likeness (QED) is 0.0650. The molecule has 2 fully saturated rings. The molecule has 1 aliphatic heterocycles. The minimum Gasteiger partial charge on any atom is -0.494 e. The number of β-amino-alcohol motifs (C(OH)–C–C–N with tert-alkyl or cyclic N) is 1. The van der Waals surface area contributed by atoms with Gasteiger partial charge in [0.25, 0.3) is 5.91 Å². The Morgan fingerprint density at radius 3 is 2.20 bits per heavy atom. The van der Waals surface area contributed by atoms with E-state index in [4.69, 9.17) is 30.2 Å². The molecule has 0 spiro atoms. The predicted octanol–water partition coefficient (Wildman–Crippen LogP) is 8.38. The zero-order chi connectivity index (χ0) is 54.3. The van der Waals surface area contributed by atoms with Crippen molar-refractivity contribution in [3.63, 3.8) is 0 Å². The highest BCUT2D eigenvalue weighted by Crippen LogP contribution is 2.55. The average Bonchev–Trinajstić information content (AvgIpc) is 3.95. The van der Waals surface area contributed by atoms with Crippen LogP contribution < -0.4 is 25.4 Å². The standard InChI is InChI=1S/C56H72ClN7O10/c1-34-45(72-33-60-34)36-17-15-35(16-18-36)30-59-48(68)43-27-39(65)31-64(43)49(69)46(53(2,3)4)61-44(66)32-63(52(70)74-54(5,6)7)25-13-12-14-26-71-40-22-19-37(20-23-40)47(67)62-50-55(8,9)51(56(50,10)11)73-41-24-21-38(29-58)42(57)28-41/h15-24,28,33,39,43,46,50-51,65H,12-14,25-27,30-32H2,1-11H3,(H,59,68)(H,61,66)(H,62,67)/t39-,43+,46-,50-,51-/m1/s1. The third-order valence-electron chi connectivity index (χ3n) is 13.6. The summed E-state index contributed by atoms with van der Waals surface area (Å²) in [7, 11) is 0. The topological polar surface area (TPSA) is 226 Å². The van der Waals surface area contributed by atoms with Crippen molar-refractivity contribution in [2.24, 2.45) is 16.2 Å². The number of aromatic nitrogens is 1. The molecule has 4 N–H and O–H groups in total. The number of carbonyl (C=O) groups excluding carboxylic acids is 5. The molecule has 17 nitrogen and oxygen atoms in total. The van der Waals surface area contributed by atoms with Crippen molar-refractivity contribution >= 4 is 41.3 Å². The van der Waals surface area contributed by atoms with Crippen molar-refractivity contribution in [1.29, 1.82) is 5.26 Å². The number of nitrogens with one attached hydrogen (secondary N) is 3. The van der Waals surface area contributed by atoms with Crippen molar-refractivity contribution in [2.75, 3.05) is 26.2 Å². The number of unbranched alkanes of at least 4 members (excludes halogenated alkanes) is 2. The molecule has 6 rings (SSSR count). The molecule has 0 radical (unpaired) electrons. The fourth-order valence-electron chi connectivity index (χ4n) is 10.0. The monoisotopic (exact) mass is 1040 g/mol. The zero-order valence-corrected chi connectivity index (χ0v) is 45.2. The predicted molar refractivity (Wildman–Crippen MR) is 279 cm³/mol. The van der Waals surface area contributed by atoms with Crippen LogP contribution in [0.4, 0.5) is 4.79 Å². The number of nitriles is 1. The van der Waals surface area contributed by atoms with Gasteiger partial charge in [0, 0.05) is 60.1 Å². The second-order valence-electron chi connectivity index (χ2n) is 22.6. The van der Waals surface area contributed by atoms with Gasteiger partial charge in [-0.25, -0.2) is 9.78 Å². The van der Waals surface area contributed by atoms with Gasteiger partial charge < -0.3 is 44.6 Å². The van der Waals surface area contributed by atoms with Crippen LogP contribution in [0.2, 0.25) is 5.02 Å². The summed E-state index contributed by atoms with van der Waals surface area (Å²) in [6.45, 7) is 20.9. The number of aliphatic hydroxyl groups excluding tert-OH is 1. The number of oxazole rings is 1. The summed E-state index contributed by atoms with van der Waals surface area (Å²) in [6.07, 6.45) is 1.36. The highest BCUT2D eigenvalue weighted by molar-refractivity contribution is 6.31. The van der Waals surface area contributed by atoms with Gasteiger partial charge in [0.1, 0.15) is 47.9 Å². The Kier molecular flexibility index (Phi) is 17.8. The molecular weight excluding hydrogens is 966 g/mol. The van der Waals surface area contributed by atoms with Gasteiger partial charge in [-0.05, 0) is 94.3 Å². The van der Waals surface area contributed by atoms with E-state index in [2.05, 4.69) is 27.0 Å². The number of amides is 5. The third-order valence-corrected chi connectivity index (χ3v) is 13.9. The summed E-state index contributed by atoms with van der Waals surface area (Å²) in [5, 5.41) is 29.2. The van der Waals surface area contributed by atoms with E-state index in [0.29, 0.717) is 59.3 Å². The van der Waals surface area contributed by atoms with Gasteiger partial charge in [-0.2, -0.15) is 5.26 Å². The summed E-state index contributed by atoms with van der Waals surface area (Å²) in [5.74, 6) is 0.0432. The highest BCUT2D eigenvalue weighted by Gasteiger charge is 2.64. The number of aliphatic hydroxyl groups is 1. The van der Waals surface area contributed by atoms with E-state index in [-0.39, 0.29) is 50.7 Å². The molecule has 1 aliphatic carbocycles. The van der Waals surface area contributed by atoms with E-state index in [1.54, 1.807) is 84.0 Å². The molecule has 5 amide bonds. The molecule has 1 saturated heterocycles. The number of nitrogens with zero attached hydrogens (tertiary/aromatic N) is 4. The number of carbonyl (C=O) groups is 5. The first-order valence-corrected chi connectivity index (χ1v) is 25.5. The van der Waals surface area contributed by atoms with Crippen LogP contribution in [-0.4, -0.2) is 112 Å². The highest BCUT2D eigenvalue weighted by atomic mass is 35.5. The van der Waals surface area contributed by atoms with E-state index < -0.39 is 63.8 Å². The molecule has 0 bridgehead atoms. The largest absolute Gasteiger partial charge is 0.494 e. The Balaban J connectivity index is 0.975. The molecule has 2 heterocycles. The van der Waals surface area contributed by atoms with Crippen LogP contribution in [0.3, 0.4) is 0 Å². The van der Waals surface area contributed by atoms with Gasteiger partial charge in [0.15, 0.2) is 12.2 Å². The molecule has 3 aromatic carbocycles. The molecule has 3 atom stereocenters. The number of hydrogen-bond acceptors (Lipinski definition) is 12. The molecule has 398 valence electrons. The van der Waals surface area contributed by atoms with E-state index in [9.17, 15) is 34.3 Å². The number of ether oxygens (including phenoxy) is 3. The minimum atomic E-state index is -1.10. The first-order chi connectivity index (χ1) is 34.7. The normalized spacial score (nSPS) is 19.3. The van der Waals surface area contributed by atoms with Crippen molar-refractivity contribution in [3.8, 4) is 28.9 Å². The summed E-state index contributed by atoms with van der Waals surface area (Å²) >= 11 is 6.25. The lowest BCUT2D eigenvalue weighted by molar-refractivity contribution is -0.164. The molecule has 4 aromatic rings. The summed E-state index contributed by atoms with van der Waals surface area (Å²) in [5.41, 5.74) is 0.784. The Bertz CT molecular complexity index is 2670. The maximum atomic E-state index is 14.3. The Morgan fingerprint density at radius 2 is 1.61 bits per heavy atom. The molecule has 0 unspecified atom stereocenters. The fraction of sp³-hybridized carbons (Fsp3) is 0.518. The maximum absolute atomic E-state index is 14.3. The average molecular weight is 1040 g/mol. The SMILES string of the molecule is Cc1ncoc1-c1ccc(CNC(=O)[C@@H]2C[C@@H](O)CN2C(=O)[C@@H](NC(=O)CN(CCCCCOc2ccc(C(=O)N[C@H]3C(C)(C)[C@H](Oc4ccc(C#N)c(Cl)c4)C3(C)C)cc2)C(=O)OC(C)(C)C)C(C)(C)C)cc1. The van der Waals surface area contributed by atoms with Gasteiger partial charge in [-0.15, -0.1) is 0 Å². The first kappa shape index (κ1) is 56.7. The third kappa shape index (κ3) is 13.9. The summed E-state index contributed by atoms with van der Waals surface area (Å²) < 4.78 is 23.5. The van der Waals surface area contributed by atoms with Gasteiger partial charge in [-0.3, -0.25) is 24.1 Å². The number of benzene rings is 3. The summed E-state index contributed by atoms with van der Waals surface area (Å²) in [6, 6.07) is 19.2. The lowest BCUT2D eigenvalue weighted by Crippen LogP contribution is -2.74. The molecule has 18 heteroatoms. The molecule has 1 saturated carbocycles. The molecule has 1 aromatic heterocycles. The van der Waals surface area contributed by atoms with E-state index >= 15 is 0 Å². The lowest BCUT2D eigenvalue weighted by atomic mass is 9.49. The Labute approximate surface area is 439 Å². The van der Waals surface area contributed by atoms with Crippen LogP contribution in [-0.2, 0) is 25.7 Å². The van der Waals surface area contributed by atoms with Crippen molar-refractivity contribution in [1.82, 2.24) is 30.7 Å². The lowest BCUT2D eigenvalue weighted by Gasteiger charge is -2.63. The molecule has 2 aliphatic rings. The smallest absolute Gasteiger partial charge is 0.410 e. The van der Waals surface area contributed by atoms with Crippen molar-refractivity contribution in [3.05, 3.63) is 101 Å². The number of likely N-dealkylation sites (tertiary alicyclic amines) is 1. The van der Waals surface area contributed by atoms with Crippen LogP contribution in [0.15, 0.2) is 77.5 Å². The van der Waals surface area contributed by atoms with Crippen LogP contribution in [0.1, 0.15) is 122 Å². The van der Waals surface area contributed by atoms with E-state index in [1.165, 1.54) is 16.2 Å².